The van der Waals surface area contributed by atoms with E-state index in [2.05, 4.69) is 0 Å². The first-order valence-electron chi connectivity index (χ1n) is 6.30. The lowest BCUT2D eigenvalue weighted by Crippen LogP contribution is -2.18. The Morgan fingerprint density at radius 2 is 1.89 bits per heavy atom. The van der Waals surface area contributed by atoms with Crippen molar-refractivity contribution in [3.05, 3.63) is 23.3 Å². The van der Waals surface area contributed by atoms with Crippen LogP contribution >= 0.6 is 0 Å². The molecule has 3 rings (SSSR count). The molecule has 1 unspecified atom stereocenters. The number of benzene rings is 1. The van der Waals surface area contributed by atoms with Crippen molar-refractivity contribution in [1.82, 2.24) is 0 Å². The van der Waals surface area contributed by atoms with E-state index in [1.165, 1.54) is 0 Å². The van der Waals surface area contributed by atoms with Crippen molar-refractivity contribution in [2.24, 2.45) is 5.92 Å². The zero-order valence-electron chi connectivity index (χ0n) is 10.3. The maximum absolute atomic E-state index is 11.4. The minimum atomic E-state index is -0.739. The summed E-state index contributed by atoms with van der Waals surface area (Å²) in [7, 11) is 0. The van der Waals surface area contributed by atoms with Gasteiger partial charge in [-0.25, -0.2) is 0 Å². The van der Waals surface area contributed by atoms with Crippen molar-refractivity contribution < 1.29 is 19.4 Å². The highest BCUT2D eigenvalue weighted by molar-refractivity contribution is 5.78. The molecule has 96 valence electrons. The molecule has 1 N–H and O–H groups in total. The van der Waals surface area contributed by atoms with Crippen LogP contribution in [0.4, 0.5) is 0 Å². The van der Waals surface area contributed by atoms with Crippen LogP contribution in [-0.4, -0.2) is 24.3 Å². The van der Waals surface area contributed by atoms with Crippen molar-refractivity contribution in [2.75, 3.05) is 13.2 Å². The highest BCUT2D eigenvalue weighted by Crippen LogP contribution is 2.46. The van der Waals surface area contributed by atoms with Crippen LogP contribution in [0.3, 0.4) is 0 Å². The van der Waals surface area contributed by atoms with Gasteiger partial charge in [-0.05, 0) is 48.9 Å². The number of aliphatic carboxylic acids is 1. The van der Waals surface area contributed by atoms with E-state index in [-0.39, 0.29) is 5.92 Å². The smallest absolute Gasteiger partial charge is 0.311 e. The van der Waals surface area contributed by atoms with E-state index in [0.717, 1.165) is 29.7 Å². The van der Waals surface area contributed by atoms with Crippen LogP contribution < -0.4 is 9.47 Å². The fourth-order valence-electron chi connectivity index (χ4n) is 2.56. The lowest BCUT2D eigenvalue weighted by Gasteiger charge is -2.22. The largest absolute Gasteiger partial charge is 0.486 e. The Hall–Kier alpha value is -1.71. The number of hydrogen-bond acceptors (Lipinski definition) is 3. The van der Waals surface area contributed by atoms with Gasteiger partial charge in [0.15, 0.2) is 11.5 Å². The first kappa shape index (κ1) is 11.4. The molecule has 0 saturated heterocycles. The molecule has 1 aliphatic carbocycles. The molecule has 0 radical (unpaired) electrons. The van der Waals surface area contributed by atoms with Crippen LogP contribution in [0.2, 0.25) is 0 Å². The van der Waals surface area contributed by atoms with Crippen LogP contribution in [0.25, 0.3) is 0 Å². The molecular weight excluding hydrogens is 232 g/mol. The van der Waals surface area contributed by atoms with Gasteiger partial charge in [0.05, 0.1) is 5.92 Å². The number of carboxylic acid groups (broad SMARTS) is 1. The van der Waals surface area contributed by atoms with Crippen molar-refractivity contribution in [3.63, 3.8) is 0 Å². The Labute approximate surface area is 106 Å². The van der Waals surface area contributed by atoms with E-state index in [0.29, 0.717) is 19.0 Å². The first-order valence-corrected chi connectivity index (χ1v) is 6.30. The standard InChI is InChI=1S/C14H16O4/c1-8-6-11-12(18-5-4-17-11)7-10(8)13(14(15)16)9-2-3-9/h6-7,9,13H,2-5H2,1H3,(H,15,16). The molecule has 1 heterocycles. The summed E-state index contributed by atoms with van der Waals surface area (Å²) in [5.41, 5.74) is 1.84. The van der Waals surface area contributed by atoms with Gasteiger partial charge in [-0.3, -0.25) is 4.79 Å². The van der Waals surface area contributed by atoms with Gasteiger partial charge in [-0.2, -0.15) is 0 Å². The molecule has 1 aromatic rings. The predicted molar refractivity (Wildman–Crippen MR) is 65.3 cm³/mol. The highest BCUT2D eigenvalue weighted by Gasteiger charge is 2.38. The molecule has 1 aromatic carbocycles. The van der Waals surface area contributed by atoms with Gasteiger partial charge in [0.2, 0.25) is 0 Å². The number of ether oxygens (including phenoxy) is 2. The van der Waals surface area contributed by atoms with Crippen LogP contribution in [0.15, 0.2) is 12.1 Å². The van der Waals surface area contributed by atoms with E-state index >= 15 is 0 Å². The fraction of sp³-hybridized carbons (Fsp3) is 0.500. The lowest BCUT2D eigenvalue weighted by molar-refractivity contribution is -0.139. The number of rotatable bonds is 3. The van der Waals surface area contributed by atoms with Gasteiger partial charge < -0.3 is 14.6 Å². The van der Waals surface area contributed by atoms with Crippen molar-refractivity contribution >= 4 is 5.97 Å². The summed E-state index contributed by atoms with van der Waals surface area (Å²) in [6.45, 7) is 3.01. The van der Waals surface area contributed by atoms with E-state index in [1.54, 1.807) is 0 Å². The monoisotopic (exact) mass is 248 g/mol. The van der Waals surface area contributed by atoms with Crippen LogP contribution in [0.1, 0.15) is 29.9 Å². The van der Waals surface area contributed by atoms with Gasteiger partial charge >= 0.3 is 5.97 Å². The average Bonchev–Trinajstić information content (AvgIpc) is 3.14. The number of fused-ring (bicyclic) bond motifs is 1. The molecule has 0 aromatic heterocycles. The molecule has 2 aliphatic rings. The van der Waals surface area contributed by atoms with Gasteiger partial charge in [-0.1, -0.05) is 0 Å². The normalized spacial score (nSPS) is 19.4. The molecule has 1 aliphatic heterocycles. The zero-order chi connectivity index (χ0) is 12.7. The average molecular weight is 248 g/mol. The summed E-state index contributed by atoms with van der Waals surface area (Å²) in [6, 6.07) is 3.74. The predicted octanol–water partition coefficient (Wildman–Crippen LogP) is 2.34. The number of hydrogen-bond donors (Lipinski definition) is 1. The highest BCUT2D eigenvalue weighted by atomic mass is 16.6. The SMILES string of the molecule is Cc1cc2c(cc1C(C(=O)O)C1CC1)OCCO2. The summed E-state index contributed by atoms with van der Waals surface area (Å²) in [4.78, 5) is 11.4. The van der Waals surface area contributed by atoms with Crippen molar-refractivity contribution in [2.45, 2.75) is 25.7 Å². The van der Waals surface area contributed by atoms with Gasteiger partial charge in [0.25, 0.3) is 0 Å². The lowest BCUT2D eigenvalue weighted by atomic mass is 9.90. The molecular formula is C14H16O4. The Balaban J connectivity index is 2.02. The molecule has 4 heteroatoms. The maximum atomic E-state index is 11.4. The summed E-state index contributed by atoms with van der Waals surface area (Å²) >= 11 is 0. The van der Waals surface area contributed by atoms with E-state index in [1.807, 2.05) is 19.1 Å². The topological polar surface area (TPSA) is 55.8 Å². The van der Waals surface area contributed by atoms with Crippen molar-refractivity contribution in [3.8, 4) is 11.5 Å². The van der Waals surface area contributed by atoms with Crippen LogP contribution in [0, 0.1) is 12.8 Å². The van der Waals surface area contributed by atoms with Crippen molar-refractivity contribution in [1.29, 1.82) is 0 Å². The Kier molecular flexibility index (Phi) is 2.65. The molecule has 1 fully saturated rings. The number of carboxylic acids is 1. The third-order valence-corrected chi connectivity index (χ3v) is 3.63. The van der Waals surface area contributed by atoms with Gasteiger partial charge in [0.1, 0.15) is 13.2 Å². The first-order chi connectivity index (χ1) is 8.66. The second-order valence-electron chi connectivity index (χ2n) is 5.01. The van der Waals surface area contributed by atoms with Gasteiger partial charge in [-0.15, -0.1) is 0 Å². The number of aryl methyl sites for hydroxylation is 1. The fourth-order valence-corrected chi connectivity index (χ4v) is 2.56. The molecule has 0 bridgehead atoms. The van der Waals surface area contributed by atoms with E-state index < -0.39 is 11.9 Å². The van der Waals surface area contributed by atoms with Crippen LogP contribution in [-0.2, 0) is 4.79 Å². The quantitative estimate of drug-likeness (QED) is 0.892. The summed E-state index contributed by atoms with van der Waals surface area (Å²) < 4.78 is 11.0. The molecule has 0 amide bonds. The number of carbonyl (C=O) groups is 1. The van der Waals surface area contributed by atoms with E-state index in [9.17, 15) is 9.90 Å². The Morgan fingerprint density at radius 3 is 2.44 bits per heavy atom. The summed E-state index contributed by atoms with van der Waals surface area (Å²) in [6.07, 6.45) is 2.01. The molecule has 4 nitrogen and oxygen atoms in total. The minimum Gasteiger partial charge on any atom is -0.486 e. The molecule has 18 heavy (non-hydrogen) atoms. The molecule has 1 atom stereocenters. The second-order valence-corrected chi connectivity index (χ2v) is 5.01. The van der Waals surface area contributed by atoms with Crippen LogP contribution in [0.5, 0.6) is 11.5 Å². The zero-order valence-corrected chi connectivity index (χ0v) is 10.3. The maximum Gasteiger partial charge on any atom is 0.311 e. The van der Waals surface area contributed by atoms with Gasteiger partial charge in [0, 0.05) is 0 Å². The Bertz CT molecular complexity index is 491. The van der Waals surface area contributed by atoms with E-state index in [4.69, 9.17) is 9.47 Å². The third kappa shape index (κ3) is 1.92. The molecule has 1 saturated carbocycles. The summed E-state index contributed by atoms with van der Waals surface area (Å²) in [5.74, 6) is 0.540. The summed E-state index contributed by atoms with van der Waals surface area (Å²) in [5, 5.41) is 9.39. The second kappa shape index (κ2) is 4.19. The Morgan fingerprint density at radius 1 is 1.28 bits per heavy atom. The third-order valence-electron chi connectivity index (χ3n) is 3.63. The molecule has 0 spiro atoms. The minimum absolute atomic E-state index is 0.281.